The Morgan fingerprint density at radius 1 is 0.500 bits per heavy atom. The van der Waals surface area contributed by atoms with Crippen LogP contribution in [0.5, 0.6) is 0 Å². The van der Waals surface area contributed by atoms with Crippen LogP contribution in [0.1, 0.15) is 26.3 Å². The lowest BCUT2D eigenvalue weighted by atomic mass is 10.1. The fourth-order valence-corrected chi connectivity index (χ4v) is 9.35. The van der Waals surface area contributed by atoms with Gasteiger partial charge in [0.25, 0.3) is 11.8 Å². The van der Waals surface area contributed by atoms with E-state index in [1.807, 2.05) is 18.2 Å². The van der Waals surface area contributed by atoms with Gasteiger partial charge in [0.15, 0.2) is 0 Å². The number of carbonyl (C=O) groups excluding carboxylic acids is 2. The average Bonchev–Trinajstić information content (AvgIpc) is 3.91. The monoisotopic (exact) mass is 684 g/mol. The van der Waals surface area contributed by atoms with Gasteiger partial charge in [-0.2, -0.15) is 5.26 Å². The maximum atomic E-state index is 13.9. The van der Waals surface area contributed by atoms with Gasteiger partial charge < -0.3 is 9.13 Å². The summed E-state index contributed by atoms with van der Waals surface area (Å²) in [6.07, 6.45) is 0. The number of anilines is 1. The van der Waals surface area contributed by atoms with Gasteiger partial charge in [0, 0.05) is 47.4 Å². The zero-order valence-electron chi connectivity index (χ0n) is 27.4. The van der Waals surface area contributed by atoms with Gasteiger partial charge in [-0.25, -0.2) is 4.90 Å². The second-order valence-corrected chi connectivity index (χ2v) is 14.2. The highest BCUT2D eigenvalue weighted by Gasteiger charge is 2.38. The van der Waals surface area contributed by atoms with Crippen molar-refractivity contribution in [2.45, 2.75) is 0 Å². The van der Waals surface area contributed by atoms with Crippen molar-refractivity contribution in [3.05, 3.63) is 162 Å². The van der Waals surface area contributed by atoms with Crippen LogP contribution in [0, 0.1) is 11.3 Å². The Hall–Kier alpha value is -7.01. The number of hydrogen-bond donors (Lipinski definition) is 0. The smallest absolute Gasteiger partial charge is 0.266 e. The van der Waals surface area contributed by atoms with Crippen LogP contribution in [0.15, 0.2) is 146 Å². The number of imide groups is 1. The number of carbonyl (C=O) groups is 2. The summed E-state index contributed by atoms with van der Waals surface area (Å²) in [5, 5.41) is 16.8. The Bertz CT molecular complexity index is 3230. The summed E-state index contributed by atoms with van der Waals surface area (Å²) in [5.41, 5.74) is 7.14. The molecule has 3 aromatic heterocycles. The molecule has 4 heterocycles. The van der Waals surface area contributed by atoms with Crippen LogP contribution in [-0.4, -0.2) is 20.9 Å². The molecule has 6 nitrogen and oxygen atoms in total. The Morgan fingerprint density at radius 2 is 1.15 bits per heavy atom. The van der Waals surface area contributed by atoms with Crippen molar-refractivity contribution < 1.29 is 9.59 Å². The van der Waals surface area contributed by atoms with E-state index < -0.39 is 11.8 Å². The molecule has 0 saturated carbocycles. The number of benzene rings is 7. The lowest BCUT2D eigenvalue weighted by Gasteiger charge is -2.20. The van der Waals surface area contributed by atoms with Crippen LogP contribution in [0.25, 0.3) is 75.2 Å². The molecule has 0 saturated heterocycles. The number of rotatable bonds is 3. The molecule has 0 N–H and O–H groups in total. The van der Waals surface area contributed by atoms with E-state index in [2.05, 4.69) is 106 Å². The molecule has 1 aliphatic rings. The van der Waals surface area contributed by atoms with E-state index in [-0.39, 0.29) is 0 Å². The van der Waals surface area contributed by atoms with Gasteiger partial charge >= 0.3 is 0 Å². The molecule has 0 bridgehead atoms. The summed E-state index contributed by atoms with van der Waals surface area (Å²) < 4.78 is 7.01. The zero-order chi connectivity index (χ0) is 34.7. The highest BCUT2D eigenvalue weighted by Crippen LogP contribution is 2.45. The van der Waals surface area contributed by atoms with Crippen molar-refractivity contribution in [3.8, 4) is 17.4 Å². The van der Waals surface area contributed by atoms with Crippen molar-refractivity contribution >= 4 is 92.6 Å². The molecule has 242 valence electrons. The minimum Gasteiger partial charge on any atom is -0.309 e. The normalized spacial score (nSPS) is 13.0. The van der Waals surface area contributed by atoms with E-state index in [1.165, 1.54) is 25.1 Å². The molecular weight excluding hydrogens is 661 g/mol. The third kappa shape index (κ3) is 3.76. The van der Waals surface area contributed by atoms with Crippen LogP contribution < -0.4 is 4.90 Å². The molecular formula is C45H24N4O2S. The fourth-order valence-electron chi connectivity index (χ4n) is 8.26. The maximum absolute atomic E-state index is 13.9. The minimum absolute atomic E-state index is 0.352. The van der Waals surface area contributed by atoms with Crippen LogP contribution in [0.2, 0.25) is 0 Å². The minimum atomic E-state index is -0.406. The summed E-state index contributed by atoms with van der Waals surface area (Å²) in [6.45, 7) is 0. The van der Waals surface area contributed by atoms with E-state index in [4.69, 9.17) is 0 Å². The van der Waals surface area contributed by atoms with E-state index in [1.54, 1.807) is 47.7 Å². The summed E-state index contributed by atoms with van der Waals surface area (Å²) in [5.74, 6) is -0.812. The second kappa shape index (κ2) is 10.5. The standard InChI is InChI=1S/C45H24N4O2S/c46-25-26-17-20-37(39(23-26)49-44(50)31-11-1-2-12-32(31)45(49)51)48-36-15-7-4-13-33(36)42-38(48)21-19-30-28-9-3-6-14-35(28)47(43(30)42)27-18-22-41-34(24-27)29-10-5-8-16-40(29)52-41/h1-24H. The van der Waals surface area contributed by atoms with Crippen LogP contribution in [0.4, 0.5) is 5.69 Å². The Labute approximate surface area is 300 Å². The maximum Gasteiger partial charge on any atom is 0.266 e. The largest absolute Gasteiger partial charge is 0.309 e. The second-order valence-electron chi connectivity index (χ2n) is 13.1. The Balaban J connectivity index is 1.25. The van der Waals surface area contributed by atoms with Gasteiger partial charge in [-0.15, -0.1) is 11.3 Å². The number of nitriles is 1. The van der Waals surface area contributed by atoms with Crippen molar-refractivity contribution in [2.24, 2.45) is 0 Å². The molecule has 0 spiro atoms. The number of thiophene rings is 1. The quantitative estimate of drug-likeness (QED) is 0.174. The lowest BCUT2D eigenvalue weighted by molar-refractivity contribution is 0.0926. The molecule has 0 radical (unpaired) electrons. The van der Waals surface area contributed by atoms with Crippen LogP contribution in [0.3, 0.4) is 0 Å². The molecule has 10 aromatic rings. The van der Waals surface area contributed by atoms with Gasteiger partial charge in [0.05, 0.1) is 56.2 Å². The number of para-hydroxylation sites is 2. The zero-order valence-corrected chi connectivity index (χ0v) is 28.2. The molecule has 2 amide bonds. The van der Waals surface area contributed by atoms with Crippen molar-refractivity contribution in [3.63, 3.8) is 0 Å². The van der Waals surface area contributed by atoms with Gasteiger partial charge in [0.1, 0.15) is 0 Å². The SMILES string of the molecule is N#Cc1ccc(-n2c3ccccc3c3c2ccc2c4ccccc4n(-c4ccc5sc6ccccc6c5c4)c23)c(N2C(=O)c3ccccc3C2=O)c1. The fraction of sp³-hybridized carbons (Fsp3) is 0. The van der Waals surface area contributed by atoms with Crippen LogP contribution >= 0.6 is 11.3 Å². The molecule has 0 unspecified atom stereocenters. The summed E-state index contributed by atoms with van der Waals surface area (Å²) in [4.78, 5) is 29.0. The molecule has 0 aliphatic carbocycles. The number of fused-ring (bicyclic) bond motifs is 11. The predicted octanol–water partition coefficient (Wildman–Crippen LogP) is 10.9. The van der Waals surface area contributed by atoms with Gasteiger partial charge in [-0.05, 0) is 72.8 Å². The van der Waals surface area contributed by atoms with Gasteiger partial charge in [-0.3, -0.25) is 9.59 Å². The third-order valence-corrected chi connectivity index (χ3v) is 11.6. The van der Waals surface area contributed by atoms with Crippen molar-refractivity contribution in [2.75, 3.05) is 4.90 Å². The van der Waals surface area contributed by atoms with Crippen molar-refractivity contribution in [1.82, 2.24) is 9.13 Å². The number of aromatic nitrogens is 2. The molecule has 0 fully saturated rings. The van der Waals surface area contributed by atoms with Crippen LogP contribution in [-0.2, 0) is 0 Å². The first-order valence-electron chi connectivity index (χ1n) is 17.0. The third-order valence-electron chi connectivity index (χ3n) is 10.5. The van der Waals surface area contributed by atoms with E-state index in [9.17, 15) is 14.9 Å². The van der Waals surface area contributed by atoms with E-state index in [0.29, 0.717) is 28.1 Å². The Morgan fingerprint density at radius 3 is 1.92 bits per heavy atom. The molecule has 7 heteroatoms. The molecule has 11 rings (SSSR count). The predicted molar refractivity (Wildman–Crippen MR) is 210 cm³/mol. The molecule has 52 heavy (non-hydrogen) atoms. The molecule has 0 atom stereocenters. The first kappa shape index (κ1) is 28.8. The van der Waals surface area contributed by atoms with Gasteiger partial charge in [0.2, 0.25) is 0 Å². The summed E-state index contributed by atoms with van der Waals surface area (Å²) >= 11 is 1.81. The molecule has 7 aromatic carbocycles. The first-order valence-corrected chi connectivity index (χ1v) is 17.8. The van der Waals surface area contributed by atoms with E-state index in [0.717, 1.165) is 49.3 Å². The Kier molecular flexibility index (Phi) is 5.81. The highest BCUT2D eigenvalue weighted by atomic mass is 32.1. The number of nitrogens with zero attached hydrogens (tertiary/aromatic N) is 4. The average molecular weight is 685 g/mol. The lowest BCUT2D eigenvalue weighted by Crippen LogP contribution is -2.30. The van der Waals surface area contributed by atoms with Crippen molar-refractivity contribution in [1.29, 1.82) is 5.26 Å². The summed E-state index contributed by atoms with van der Waals surface area (Å²) in [7, 11) is 0. The first-order chi connectivity index (χ1) is 25.6. The molecule has 1 aliphatic heterocycles. The topological polar surface area (TPSA) is 71.0 Å². The number of hydrogen-bond acceptors (Lipinski definition) is 4. The van der Waals surface area contributed by atoms with Gasteiger partial charge in [-0.1, -0.05) is 72.8 Å². The summed E-state index contributed by atoms with van der Waals surface area (Å²) in [6, 6.07) is 50.7. The highest BCUT2D eigenvalue weighted by molar-refractivity contribution is 7.25. The number of amides is 2. The van der Waals surface area contributed by atoms with E-state index >= 15 is 0 Å².